The van der Waals surface area contributed by atoms with E-state index in [0.29, 0.717) is 42.9 Å². The number of thiocarbonyl (C=S) groups is 1. The van der Waals surface area contributed by atoms with Crippen LogP contribution in [0, 0.1) is 5.82 Å². The van der Waals surface area contributed by atoms with Gasteiger partial charge in [-0.3, -0.25) is 9.89 Å². The number of piperidine rings is 1. The summed E-state index contributed by atoms with van der Waals surface area (Å²) in [5, 5.41) is 13.5. The Morgan fingerprint density at radius 1 is 1.44 bits per heavy atom. The van der Waals surface area contributed by atoms with E-state index < -0.39 is 6.04 Å². The molecule has 1 saturated heterocycles. The second-order valence-electron chi connectivity index (χ2n) is 5.70. The lowest BCUT2D eigenvalue weighted by molar-refractivity contribution is -0.119. The summed E-state index contributed by atoms with van der Waals surface area (Å²) in [6, 6.07) is 4.47. The van der Waals surface area contributed by atoms with Crippen LogP contribution in [0.3, 0.4) is 0 Å². The molecule has 0 bridgehead atoms. The fourth-order valence-corrected chi connectivity index (χ4v) is 2.93. The first kappa shape index (κ1) is 17.3. The molecular weight excluding hydrogens is 345 g/mol. The molecule has 132 valence electrons. The van der Waals surface area contributed by atoms with E-state index in [9.17, 15) is 9.18 Å². The quantitative estimate of drug-likeness (QED) is 0.801. The molecule has 0 spiro atoms. The fourth-order valence-electron chi connectivity index (χ4n) is 2.81. The number of anilines is 1. The number of hydrogen-bond acceptors (Lipinski definition) is 6. The Labute approximate surface area is 149 Å². The average Bonchev–Trinajstić information content (AvgIpc) is 3.14. The van der Waals surface area contributed by atoms with E-state index in [-0.39, 0.29) is 16.8 Å². The molecule has 0 amide bonds. The molecule has 1 atom stereocenters. The van der Waals surface area contributed by atoms with Gasteiger partial charge in [-0.2, -0.15) is 0 Å². The van der Waals surface area contributed by atoms with Crippen LogP contribution in [0.15, 0.2) is 24.4 Å². The minimum Gasteiger partial charge on any atom is -0.474 e. The van der Waals surface area contributed by atoms with Crippen LogP contribution in [0.1, 0.15) is 30.1 Å². The molecule has 0 radical (unpaired) electrons. The number of carbonyl (C=O) groups is 1. The van der Waals surface area contributed by atoms with Gasteiger partial charge in [0.05, 0.1) is 12.8 Å². The number of nitrogens with one attached hydrogen (secondary N) is 2. The van der Waals surface area contributed by atoms with Gasteiger partial charge in [-0.05, 0) is 29.9 Å². The van der Waals surface area contributed by atoms with E-state index in [4.69, 9.17) is 17.0 Å². The number of ketones is 1. The van der Waals surface area contributed by atoms with E-state index in [2.05, 4.69) is 20.7 Å². The number of nitrogens with zero attached hydrogens (tertiary/aromatic N) is 3. The van der Waals surface area contributed by atoms with Gasteiger partial charge in [-0.15, -0.1) is 5.10 Å². The number of carbonyl (C=O) groups excluding carboxylic acids is 1. The molecule has 3 rings (SSSR count). The van der Waals surface area contributed by atoms with Gasteiger partial charge in [-0.1, -0.05) is 11.3 Å². The van der Waals surface area contributed by atoms with Crippen molar-refractivity contribution in [1.29, 1.82) is 0 Å². The van der Waals surface area contributed by atoms with Gasteiger partial charge in [0.2, 0.25) is 0 Å². The zero-order valence-electron chi connectivity index (χ0n) is 13.7. The molecule has 25 heavy (non-hydrogen) atoms. The standard InChI is InChI=1S/C16H18FN5O2S/c1-24-16(25)19-15(13-9-18-21-20-13)10-2-3-14(12(17)8-10)22-6-4-11(23)5-7-22/h2-3,8-9,15H,4-7H2,1H3,(H,19,25)(H,18,20,21). The Morgan fingerprint density at radius 2 is 2.20 bits per heavy atom. The Balaban J connectivity index is 1.86. The maximum Gasteiger partial charge on any atom is 0.257 e. The van der Waals surface area contributed by atoms with Crippen molar-refractivity contribution in [3.63, 3.8) is 0 Å². The summed E-state index contributed by atoms with van der Waals surface area (Å²) in [5.41, 5.74) is 1.70. The lowest BCUT2D eigenvalue weighted by atomic mass is 10.0. The highest BCUT2D eigenvalue weighted by molar-refractivity contribution is 7.80. The Bertz CT molecular complexity index is 758. The highest BCUT2D eigenvalue weighted by atomic mass is 32.1. The van der Waals surface area contributed by atoms with E-state index >= 15 is 0 Å². The summed E-state index contributed by atoms with van der Waals surface area (Å²) >= 11 is 5.05. The van der Waals surface area contributed by atoms with Gasteiger partial charge in [0.25, 0.3) is 5.17 Å². The molecular formula is C16H18FN5O2S. The van der Waals surface area contributed by atoms with Crippen molar-refractivity contribution < 1.29 is 13.9 Å². The molecule has 0 aliphatic carbocycles. The van der Waals surface area contributed by atoms with Gasteiger partial charge in [-0.25, -0.2) is 4.39 Å². The van der Waals surface area contributed by atoms with Crippen molar-refractivity contribution in [2.45, 2.75) is 18.9 Å². The lowest BCUT2D eigenvalue weighted by Gasteiger charge is -2.29. The van der Waals surface area contributed by atoms with Gasteiger partial charge < -0.3 is 15.0 Å². The third-order valence-electron chi connectivity index (χ3n) is 4.15. The first-order chi connectivity index (χ1) is 12.1. The van der Waals surface area contributed by atoms with Crippen molar-refractivity contribution in [3.8, 4) is 0 Å². The van der Waals surface area contributed by atoms with Crippen LogP contribution in [0.5, 0.6) is 0 Å². The topological polar surface area (TPSA) is 83.1 Å². The summed E-state index contributed by atoms with van der Waals surface area (Å²) in [4.78, 5) is 13.3. The first-order valence-corrected chi connectivity index (χ1v) is 8.26. The summed E-state index contributed by atoms with van der Waals surface area (Å²) in [6.07, 6.45) is 2.51. The Morgan fingerprint density at radius 3 is 2.80 bits per heavy atom. The van der Waals surface area contributed by atoms with Crippen molar-refractivity contribution in [1.82, 2.24) is 20.7 Å². The SMILES string of the molecule is COC(=S)NC(c1ccc(N2CCC(=O)CC2)c(F)c1)c1c[nH]nn1. The second-order valence-corrected chi connectivity index (χ2v) is 6.07. The number of Topliss-reactive ketones (excluding diaryl/α,β-unsaturated/α-hetero) is 1. The predicted molar refractivity (Wildman–Crippen MR) is 93.8 cm³/mol. The number of ether oxygens (including phenoxy) is 1. The van der Waals surface area contributed by atoms with Crippen LogP contribution in [-0.2, 0) is 9.53 Å². The molecule has 1 unspecified atom stereocenters. The molecule has 2 N–H and O–H groups in total. The predicted octanol–water partition coefficient (Wildman–Crippen LogP) is 1.72. The highest BCUT2D eigenvalue weighted by Crippen LogP contribution is 2.27. The lowest BCUT2D eigenvalue weighted by Crippen LogP contribution is -2.34. The Hall–Kier alpha value is -2.55. The van der Waals surface area contributed by atoms with Gasteiger partial charge >= 0.3 is 0 Å². The number of H-pyrrole nitrogens is 1. The number of rotatable bonds is 4. The van der Waals surface area contributed by atoms with Crippen molar-refractivity contribution in [2.24, 2.45) is 0 Å². The third-order valence-corrected chi connectivity index (χ3v) is 4.43. The second kappa shape index (κ2) is 7.56. The van der Waals surface area contributed by atoms with Crippen LogP contribution in [0.4, 0.5) is 10.1 Å². The smallest absolute Gasteiger partial charge is 0.257 e. The van der Waals surface area contributed by atoms with Crippen LogP contribution >= 0.6 is 12.2 Å². The maximum absolute atomic E-state index is 14.7. The molecule has 9 heteroatoms. The number of halogens is 1. The minimum atomic E-state index is -0.488. The zero-order valence-corrected chi connectivity index (χ0v) is 14.5. The molecule has 1 aliphatic heterocycles. The van der Waals surface area contributed by atoms with E-state index in [1.54, 1.807) is 18.3 Å². The molecule has 1 aromatic heterocycles. The summed E-state index contributed by atoms with van der Waals surface area (Å²) in [7, 11) is 1.45. The maximum atomic E-state index is 14.7. The molecule has 1 fully saturated rings. The number of aromatic nitrogens is 3. The first-order valence-electron chi connectivity index (χ1n) is 7.85. The van der Waals surface area contributed by atoms with E-state index in [0.717, 1.165) is 0 Å². The third kappa shape index (κ3) is 3.93. The number of hydrogen-bond donors (Lipinski definition) is 2. The summed E-state index contributed by atoms with van der Waals surface area (Å²) in [6.45, 7) is 1.07. The molecule has 1 aliphatic rings. The van der Waals surface area contributed by atoms with Crippen LogP contribution < -0.4 is 10.2 Å². The normalized spacial score (nSPS) is 15.8. The van der Waals surface area contributed by atoms with Gasteiger partial charge in [0.15, 0.2) is 0 Å². The van der Waals surface area contributed by atoms with Gasteiger partial charge in [0.1, 0.15) is 23.3 Å². The molecule has 1 aromatic carbocycles. The van der Waals surface area contributed by atoms with Gasteiger partial charge in [0, 0.05) is 32.1 Å². The summed E-state index contributed by atoms with van der Waals surface area (Å²) < 4.78 is 19.7. The fraction of sp³-hybridized carbons (Fsp3) is 0.375. The van der Waals surface area contributed by atoms with Crippen molar-refractivity contribution in [3.05, 3.63) is 41.5 Å². The van der Waals surface area contributed by atoms with Crippen LogP contribution in [0.25, 0.3) is 0 Å². The van der Waals surface area contributed by atoms with E-state index in [1.165, 1.54) is 13.2 Å². The zero-order chi connectivity index (χ0) is 17.8. The van der Waals surface area contributed by atoms with Crippen molar-refractivity contribution in [2.75, 3.05) is 25.1 Å². The number of benzene rings is 1. The minimum absolute atomic E-state index is 0.173. The van der Waals surface area contributed by atoms with Crippen LogP contribution in [-0.4, -0.2) is 46.6 Å². The number of methoxy groups -OCH3 is 1. The van der Waals surface area contributed by atoms with E-state index in [1.807, 2.05) is 4.90 Å². The van der Waals surface area contributed by atoms with Crippen molar-refractivity contribution >= 4 is 28.9 Å². The number of aromatic amines is 1. The molecule has 7 nitrogen and oxygen atoms in total. The Kier molecular flexibility index (Phi) is 5.22. The molecule has 2 aromatic rings. The average molecular weight is 363 g/mol. The molecule has 0 saturated carbocycles. The monoisotopic (exact) mass is 363 g/mol. The molecule has 2 heterocycles. The van der Waals surface area contributed by atoms with Crippen LogP contribution in [0.2, 0.25) is 0 Å². The largest absolute Gasteiger partial charge is 0.474 e. The highest BCUT2D eigenvalue weighted by Gasteiger charge is 2.23. The summed E-state index contributed by atoms with van der Waals surface area (Å²) in [5.74, 6) is -0.137.